The van der Waals surface area contributed by atoms with Gasteiger partial charge in [0.1, 0.15) is 5.75 Å². The van der Waals surface area contributed by atoms with Gasteiger partial charge in [-0.3, -0.25) is 4.79 Å². The molecule has 5 heteroatoms. The van der Waals surface area contributed by atoms with E-state index >= 15 is 0 Å². The van der Waals surface area contributed by atoms with Crippen molar-refractivity contribution < 1.29 is 19.4 Å². The molecule has 0 aliphatic carbocycles. The van der Waals surface area contributed by atoms with Crippen LogP contribution in [0.4, 0.5) is 0 Å². The minimum Gasteiger partial charge on any atom is -0.481 e. The van der Waals surface area contributed by atoms with Gasteiger partial charge in [-0.15, -0.1) is 0 Å². The van der Waals surface area contributed by atoms with Crippen molar-refractivity contribution in [1.82, 2.24) is 5.32 Å². The smallest absolute Gasteiger partial charge is 0.260 e. The molecule has 1 unspecified atom stereocenters. The van der Waals surface area contributed by atoms with Gasteiger partial charge in [0.05, 0.1) is 13.2 Å². The lowest BCUT2D eigenvalue weighted by molar-refractivity contribution is -0.127. The number of benzene rings is 1. The average Bonchev–Trinajstić information content (AvgIpc) is 2.39. The van der Waals surface area contributed by atoms with Gasteiger partial charge < -0.3 is 19.9 Å². The number of aliphatic hydroxyl groups is 1. The molecule has 100 valence electrons. The third-order valence-corrected chi connectivity index (χ3v) is 2.39. The Bertz CT molecular complexity index is 364. The second-order valence-corrected chi connectivity index (χ2v) is 3.85. The van der Waals surface area contributed by atoms with E-state index in [1.807, 2.05) is 0 Å². The van der Waals surface area contributed by atoms with Crippen molar-refractivity contribution in [1.29, 1.82) is 0 Å². The van der Waals surface area contributed by atoms with Crippen molar-refractivity contribution in [2.75, 3.05) is 20.3 Å². The van der Waals surface area contributed by atoms with Gasteiger partial charge >= 0.3 is 0 Å². The van der Waals surface area contributed by atoms with Gasteiger partial charge in [-0.2, -0.15) is 0 Å². The highest BCUT2D eigenvalue weighted by atomic mass is 16.5. The van der Waals surface area contributed by atoms with Crippen LogP contribution in [0.1, 0.15) is 12.5 Å². The summed E-state index contributed by atoms with van der Waals surface area (Å²) >= 11 is 0. The minimum atomic E-state index is -0.568. The number of amides is 1. The van der Waals surface area contributed by atoms with E-state index in [4.69, 9.17) is 14.6 Å². The first-order valence-corrected chi connectivity index (χ1v) is 5.80. The highest BCUT2D eigenvalue weighted by Crippen LogP contribution is 2.13. The Morgan fingerprint density at radius 2 is 2.06 bits per heavy atom. The summed E-state index contributed by atoms with van der Waals surface area (Å²) in [7, 11) is 1.58. The third-order valence-electron chi connectivity index (χ3n) is 2.39. The van der Waals surface area contributed by atoms with Gasteiger partial charge in [0.15, 0.2) is 6.10 Å². The SMILES string of the molecule is COCCNC(=O)C(C)Oc1ccc(CO)cc1. The summed E-state index contributed by atoms with van der Waals surface area (Å²) in [5, 5.41) is 11.6. The highest BCUT2D eigenvalue weighted by molar-refractivity contribution is 5.80. The van der Waals surface area contributed by atoms with Crippen LogP contribution in [0.3, 0.4) is 0 Å². The van der Waals surface area contributed by atoms with E-state index in [0.717, 1.165) is 5.56 Å². The molecule has 0 heterocycles. The molecule has 1 rings (SSSR count). The van der Waals surface area contributed by atoms with E-state index < -0.39 is 6.10 Å². The van der Waals surface area contributed by atoms with Crippen LogP contribution in [0.5, 0.6) is 5.75 Å². The molecule has 0 saturated carbocycles. The molecule has 0 fully saturated rings. The van der Waals surface area contributed by atoms with Gasteiger partial charge in [0.2, 0.25) is 0 Å². The molecule has 0 radical (unpaired) electrons. The molecule has 1 amide bonds. The van der Waals surface area contributed by atoms with Crippen molar-refractivity contribution in [2.24, 2.45) is 0 Å². The number of carbonyl (C=O) groups is 1. The van der Waals surface area contributed by atoms with Crippen LogP contribution < -0.4 is 10.1 Å². The zero-order chi connectivity index (χ0) is 13.4. The molecule has 0 saturated heterocycles. The van der Waals surface area contributed by atoms with Crippen LogP contribution in [0.25, 0.3) is 0 Å². The molecule has 18 heavy (non-hydrogen) atoms. The van der Waals surface area contributed by atoms with Crippen molar-refractivity contribution in [2.45, 2.75) is 19.6 Å². The summed E-state index contributed by atoms with van der Waals surface area (Å²) in [6, 6.07) is 6.96. The molecule has 5 nitrogen and oxygen atoms in total. The minimum absolute atomic E-state index is 0.00661. The zero-order valence-corrected chi connectivity index (χ0v) is 10.7. The number of hydrogen-bond acceptors (Lipinski definition) is 4. The lowest BCUT2D eigenvalue weighted by atomic mass is 10.2. The van der Waals surface area contributed by atoms with Gasteiger partial charge in [0.25, 0.3) is 5.91 Å². The fraction of sp³-hybridized carbons (Fsp3) is 0.462. The maximum absolute atomic E-state index is 11.6. The van der Waals surface area contributed by atoms with E-state index in [-0.39, 0.29) is 12.5 Å². The Morgan fingerprint density at radius 1 is 1.39 bits per heavy atom. The maximum Gasteiger partial charge on any atom is 0.260 e. The van der Waals surface area contributed by atoms with Crippen LogP contribution in [0.15, 0.2) is 24.3 Å². The van der Waals surface area contributed by atoms with E-state index in [1.165, 1.54) is 0 Å². The number of methoxy groups -OCH3 is 1. The normalized spacial score (nSPS) is 11.9. The molecule has 1 aromatic rings. The van der Waals surface area contributed by atoms with Gasteiger partial charge in [0, 0.05) is 13.7 Å². The van der Waals surface area contributed by atoms with E-state index in [0.29, 0.717) is 18.9 Å². The van der Waals surface area contributed by atoms with E-state index in [9.17, 15) is 4.79 Å². The molecular weight excluding hydrogens is 234 g/mol. The molecule has 0 aliphatic rings. The standard InChI is InChI=1S/C13H19NO4/c1-10(13(16)14-7-8-17-2)18-12-5-3-11(9-15)4-6-12/h3-6,10,15H,7-9H2,1-2H3,(H,14,16). The summed E-state index contributed by atoms with van der Waals surface area (Å²) in [5.74, 6) is 0.417. The van der Waals surface area contributed by atoms with Crippen molar-refractivity contribution in [3.05, 3.63) is 29.8 Å². The highest BCUT2D eigenvalue weighted by Gasteiger charge is 2.13. The number of ether oxygens (including phenoxy) is 2. The van der Waals surface area contributed by atoms with Crippen molar-refractivity contribution in [3.8, 4) is 5.75 Å². The predicted octanol–water partition coefficient (Wildman–Crippen LogP) is 0.709. The zero-order valence-electron chi connectivity index (χ0n) is 10.7. The Hall–Kier alpha value is -1.59. The van der Waals surface area contributed by atoms with Crippen LogP contribution in [0.2, 0.25) is 0 Å². The molecule has 0 aliphatic heterocycles. The van der Waals surface area contributed by atoms with Gasteiger partial charge in [-0.05, 0) is 24.6 Å². The predicted molar refractivity (Wildman–Crippen MR) is 67.3 cm³/mol. The van der Waals surface area contributed by atoms with E-state index in [1.54, 1.807) is 38.3 Å². The van der Waals surface area contributed by atoms with Crippen molar-refractivity contribution in [3.63, 3.8) is 0 Å². The second-order valence-electron chi connectivity index (χ2n) is 3.85. The van der Waals surface area contributed by atoms with Gasteiger partial charge in [-0.1, -0.05) is 12.1 Å². The summed E-state index contributed by atoms with van der Waals surface area (Å²) in [6.45, 7) is 2.62. The lowest BCUT2D eigenvalue weighted by Crippen LogP contribution is -2.37. The van der Waals surface area contributed by atoms with Crippen molar-refractivity contribution >= 4 is 5.91 Å². The van der Waals surface area contributed by atoms with E-state index in [2.05, 4.69) is 5.32 Å². The van der Waals surface area contributed by atoms with Crippen LogP contribution in [0, 0.1) is 0 Å². The molecular formula is C13H19NO4. The largest absolute Gasteiger partial charge is 0.481 e. The number of hydrogen-bond donors (Lipinski definition) is 2. The average molecular weight is 253 g/mol. The molecule has 2 N–H and O–H groups in total. The second kappa shape index (κ2) is 7.68. The molecule has 0 aromatic heterocycles. The molecule has 0 bridgehead atoms. The van der Waals surface area contributed by atoms with Gasteiger partial charge in [-0.25, -0.2) is 0 Å². The first-order valence-electron chi connectivity index (χ1n) is 5.80. The first kappa shape index (κ1) is 14.5. The Kier molecular flexibility index (Phi) is 6.18. The number of carbonyl (C=O) groups excluding carboxylic acids is 1. The quantitative estimate of drug-likeness (QED) is 0.702. The van der Waals surface area contributed by atoms with Crippen LogP contribution in [-0.2, 0) is 16.1 Å². The first-order chi connectivity index (χ1) is 8.67. The summed E-state index contributed by atoms with van der Waals surface area (Å²) < 4.78 is 10.3. The summed E-state index contributed by atoms with van der Waals surface area (Å²) in [6.07, 6.45) is -0.568. The monoisotopic (exact) mass is 253 g/mol. The molecule has 1 atom stereocenters. The molecule has 0 spiro atoms. The number of rotatable bonds is 7. The number of nitrogens with one attached hydrogen (secondary N) is 1. The lowest BCUT2D eigenvalue weighted by Gasteiger charge is -2.14. The Balaban J connectivity index is 2.42. The fourth-order valence-electron chi connectivity index (χ4n) is 1.35. The van der Waals surface area contributed by atoms with Crippen LogP contribution in [-0.4, -0.2) is 37.4 Å². The number of aliphatic hydroxyl groups excluding tert-OH is 1. The Labute approximate surface area is 107 Å². The maximum atomic E-state index is 11.6. The third kappa shape index (κ3) is 4.73. The molecule has 1 aromatic carbocycles. The Morgan fingerprint density at radius 3 is 2.61 bits per heavy atom. The fourth-order valence-corrected chi connectivity index (χ4v) is 1.35. The summed E-state index contributed by atoms with van der Waals surface area (Å²) in [4.78, 5) is 11.6. The summed E-state index contributed by atoms with van der Waals surface area (Å²) in [5.41, 5.74) is 0.805. The topological polar surface area (TPSA) is 67.8 Å². The van der Waals surface area contributed by atoms with Crippen LogP contribution >= 0.6 is 0 Å².